The summed E-state index contributed by atoms with van der Waals surface area (Å²) < 4.78 is 22.4. The minimum absolute atomic E-state index is 0.0765. The molecule has 1 aliphatic heterocycles. The van der Waals surface area contributed by atoms with E-state index in [-0.39, 0.29) is 34.8 Å². The van der Waals surface area contributed by atoms with Crippen molar-refractivity contribution in [2.75, 3.05) is 50.5 Å². The van der Waals surface area contributed by atoms with Crippen molar-refractivity contribution in [1.29, 1.82) is 0 Å². The minimum atomic E-state index is -0.689. The molecule has 0 bridgehead atoms. The number of aromatic nitrogens is 1. The maximum atomic E-state index is 15.7. The van der Waals surface area contributed by atoms with E-state index >= 15 is 4.39 Å². The van der Waals surface area contributed by atoms with Crippen molar-refractivity contribution >= 4 is 28.2 Å². The van der Waals surface area contributed by atoms with Gasteiger partial charge in [-0.15, -0.1) is 0 Å². The fourth-order valence-electron chi connectivity index (χ4n) is 3.83. The van der Waals surface area contributed by atoms with Gasteiger partial charge in [-0.25, -0.2) is 9.18 Å². The van der Waals surface area contributed by atoms with E-state index < -0.39 is 17.2 Å². The van der Waals surface area contributed by atoms with Gasteiger partial charge in [-0.05, 0) is 32.9 Å². The van der Waals surface area contributed by atoms with Crippen molar-refractivity contribution in [1.82, 2.24) is 9.47 Å². The number of fused-ring (bicyclic) bond motifs is 1. The van der Waals surface area contributed by atoms with E-state index in [1.54, 1.807) is 11.5 Å². The normalized spacial score (nSPS) is 17.9. The Balaban J connectivity index is 1.92. The summed E-state index contributed by atoms with van der Waals surface area (Å²) >= 11 is 0. The summed E-state index contributed by atoms with van der Waals surface area (Å²) in [5, 5.41) is 0.130. The van der Waals surface area contributed by atoms with Gasteiger partial charge in [0.25, 0.3) is 0 Å². The lowest BCUT2D eigenvalue weighted by atomic mass is 10.1. The standard InChI is InChI=1S/C20H25FN4O3/c1-3-28-20(27)14-11-25(12-4-5-12)17-13(19(14)26)10-15(22)18(16(17)21)24-8-6-23(2)7-9-24/h10-12H,3-9,22H2,1-2H3. The Morgan fingerprint density at radius 2 is 1.96 bits per heavy atom. The molecule has 0 atom stereocenters. The van der Waals surface area contributed by atoms with E-state index in [0.29, 0.717) is 18.8 Å². The molecule has 0 spiro atoms. The quantitative estimate of drug-likeness (QED) is 0.637. The van der Waals surface area contributed by atoms with Gasteiger partial charge in [0, 0.05) is 38.4 Å². The van der Waals surface area contributed by atoms with Crippen LogP contribution in [0.25, 0.3) is 10.9 Å². The summed E-state index contributed by atoms with van der Waals surface area (Å²) in [5.41, 5.74) is 6.36. The first-order valence-corrected chi connectivity index (χ1v) is 9.69. The molecule has 4 rings (SSSR count). The predicted octanol–water partition coefficient (Wildman–Crippen LogP) is 1.99. The number of carbonyl (C=O) groups excluding carboxylic acids is 1. The van der Waals surface area contributed by atoms with Crippen LogP contribution in [0.4, 0.5) is 15.8 Å². The van der Waals surface area contributed by atoms with Crippen LogP contribution in [0.3, 0.4) is 0 Å². The Morgan fingerprint density at radius 1 is 1.29 bits per heavy atom. The molecule has 1 aliphatic carbocycles. The first-order valence-electron chi connectivity index (χ1n) is 9.69. The summed E-state index contributed by atoms with van der Waals surface area (Å²) in [6.45, 7) is 4.80. The van der Waals surface area contributed by atoms with E-state index in [2.05, 4.69) is 4.90 Å². The number of hydrogen-bond donors (Lipinski definition) is 1. The molecule has 2 heterocycles. The number of hydrogen-bond acceptors (Lipinski definition) is 6. The smallest absolute Gasteiger partial charge is 0.343 e. The molecule has 7 nitrogen and oxygen atoms in total. The van der Waals surface area contributed by atoms with Gasteiger partial charge in [0.1, 0.15) is 5.56 Å². The van der Waals surface area contributed by atoms with Gasteiger partial charge in [-0.2, -0.15) is 0 Å². The highest BCUT2D eigenvalue weighted by atomic mass is 19.1. The second-order valence-electron chi connectivity index (χ2n) is 7.55. The lowest BCUT2D eigenvalue weighted by Gasteiger charge is -2.35. The van der Waals surface area contributed by atoms with E-state index in [9.17, 15) is 9.59 Å². The molecular weight excluding hydrogens is 363 g/mol. The van der Waals surface area contributed by atoms with E-state index in [1.807, 2.05) is 11.9 Å². The van der Waals surface area contributed by atoms with Crippen LogP contribution in [0.2, 0.25) is 0 Å². The van der Waals surface area contributed by atoms with Crippen LogP contribution in [0.1, 0.15) is 36.2 Å². The number of nitrogens with zero attached hydrogens (tertiary/aromatic N) is 3. The van der Waals surface area contributed by atoms with E-state index in [1.165, 1.54) is 12.3 Å². The number of carbonyl (C=O) groups is 1. The van der Waals surface area contributed by atoms with Crippen LogP contribution in [0, 0.1) is 5.82 Å². The number of benzene rings is 1. The molecule has 0 amide bonds. The third-order valence-electron chi connectivity index (χ3n) is 5.51. The second-order valence-corrected chi connectivity index (χ2v) is 7.55. The highest BCUT2D eigenvalue weighted by Gasteiger charge is 2.31. The molecule has 1 saturated heterocycles. The topological polar surface area (TPSA) is 80.8 Å². The van der Waals surface area contributed by atoms with E-state index in [4.69, 9.17) is 10.5 Å². The number of ether oxygens (including phenoxy) is 1. The number of pyridine rings is 1. The highest BCUT2D eigenvalue weighted by molar-refractivity contribution is 5.97. The molecule has 1 aromatic heterocycles. The van der Waals surface area contributed by atoms with Crippen LogP contribution in [0.5, 0.6) is 0 Å². The number of esters is 1. The van der Waals surface area contributed by atoms with Crippen molar-refractivity contribution in [2.24, 2.45) is 0 Å². The lowest BCUT2D eigenvalue weighted by Crippen LogP contribution is -2.45. The van der Waals surface area contributed by atoms with E-state index in [0.717, 1.165) is 25.9 Å². The summed E-state index contributed by atoms with van der Waals surface area (Å²) in [7, 11) is 2.03. The lowest BCUT2D eigenvalue weighted by molar-refractivity contribution is 0.0524. The van der Waals surface area contributed by atoms with Crippen molar-refractivity contribution in [2.45, 2.75) is 25.8 Å². The summed E-state index contributed by atoms with van der Waals surface area (Å²) in [4.78, 5) is 29.3. The molecule has 2 aliphatic rings. The molecule has 2 aromatic rings. The third-order valence-corrected chi connectivity index (χ3v) is 5.51. The van der Waals surface area contributed by atoms with Crippen LogP contribution < -0.4 is 16.1 Å². The Bertz CT molecular complexity index is 991. The molecule has 28 heavy (non-hydrogen) atoms. The molecular formula is C20H25FN4O3. The average Bonchev–Trinajstić information content (AvgIpc) is 3.49. The third kappa shape index (κ3) is 3.11. The molecule has 2 N–H and O–H groups in total. The maximum Gasteiger partial charge on any atom is 0.343 e. The Hall–Kier alpha value is -2.61. The molecule has 0 radical (unpaired) electrons. The van der Waals surface area contributed by atoms with Gasteiger partial charge in [0.2, 0.25) is 5.43 Å². The number of rotatable bonds is 4. The molecule has 8 heteroatoms. The van der Waals surface area contributed by atoms with Crippen molar-refractivity contribution in [3.8, 4) is 0 Å². The summed E-state index contributed by atoms with van der Waals surface area (Å²) in [6.07, 6.45) is 3.22. The highest BCUT2D eigenvalue weighted by Crippen LogP contribution is 2.40. The van der Waals surface area contributed by atoms with Crippen molar-refractivity contribution in [3.63, 3.8) is 0 Å². The van der Waals surface area contributed by atoms with Gasteiger partial charge >= 0.3 is 5.97 Å². The minimum Gasteiger partial charge on any atom is -0.462 e. The largest absolute Gasteiger partial charge is 0.462 e. The van der Waals surface area contributed by atoms with Crippen LogP contribution in [-0.2, 0) is 4.74 Å². The maximum absolute atomic E-state index is 15.7. The first-order chi connectivity index (χ1) is 13.4. The van der Waals surface area contributed by atoms with Gasteiger partial charge in [-0.1, -0.05) is 0 Å². The summed E-state index contributed by atoms with van der Waals surface area (Å²) in [6, 6.07) is 1.59. The molecule has 1 saturated carbocycles. The number of likely N-dealkylation sites (N-methyl/N-ethyl adjacent to an activating group) is 1. The summed E-state index contributed by atoms with van der Waals surface area (Å²) in [5.74, 6) is -1.18. The number of piperazine rings is 1. The Labute approximate surface area is 162 Å². The molecule has 150 valence electrons. The monoisotopic (exact) mass is 388 g/mol. The number of nitrogens with two attached hydrogens (primary N) is 1. The zero-order valence-corrected chi connectivity index (χ0v) is 16.2. The molecule has 2 fully saturated rings. The Morgan fingerprint density at radius 3 is 2.57 bits per heavy atom. The van der Waals surface area contributed by atoms with Crippen LogP contribution in [0.15, 0.2) is 17.1 Å². The van der Waals surface area contributed by atoms with Crippen LogP contribution >= 0.6 is 0 Å². The zero-order chi connectivity index (χ0) is 20.0. The number of halogens is 1. The van der Waals surface area contributed by atoms with Gasteiger partial charge in [0.05, 0.1) is 28.9 Å². The first kappa shape index (κ1) is 18.7. The molecule has 1 aromatic carbocycles. The van der Waals surface area contributed by atoms with Crippen LogP contribution in [-0.4, -0.2) is 55.3 Å². The fourth-order valence-corrected chi connectivity index (χ4v) is 3.83. The Kier molecular flexibility index (Phi) is 4.74. The predicted molar refractivity (Wildman–Crippen MR) is 107 cm³/mol. The number of anilines is 2. The fraction of sp³-hybridized carbons (Fsp3) is 0.500. The SMILES string of the molecule is CCOC(=O)c1cn(C2CC2)c2c(F)c(N3CCN(C)CC3)c(N)cc2c1=O. The van der Waals surface area contributed by atoms with Gasteiger partial charge in [-0.3, -0.25) is 4.79 Å². The van der Waals surface area contributed by atoms with Crippen molar-refractivity contribution < 1.29 is 13.9 Å². The van der Waals surface area contributed by atoms with Crippen molar-refractivity contribution in [3.05, 3.63) is 33.9 Å². The second kappa shape index (κ2) is 7.09. The average molecular weight is 388 g/mol. The van der Waals surface area contributed by atoms with Gasteiger partial charge in [0.15, 0.2) is 5.82 Å². The number of nitrogen functional groups attached to an aromatic ring is 1. The zero-order valence-electron chi connectivity index (χ0n) is 16.2. The van der Waals surface area contributed by atoms with Gasteiger partial charge < -0.3 is 24.8 Å². The molecule has 0 unspecified atom stereocenters.